The first-order valence-electron chi connectivity index (χ1n) is 23.9. The summed E-state index contributed by atoms with van der Waals surface area (Å²) in [5.74, 6) is -0.248. The Kier molecular flexibility index (Phi) is 19.8. The van der Waals surface area contributed by atoms with E-state index in [1.807, 2.05) is 0 Å². The Morgan fingerprint density at radius 2 is 0.784 bits per heavy atom. The zero-order chi connectivity index (χ0) is 54.1. The van der Waals surface area contributed by atoms with E-state index in [2.05, 4.69) is 5.32 Å². The molecule has 5 fully saturated rings. The van der Waals surface area contributed by atoms with Crippen LogP contribution in [0.25, 0.3) is 0 Å². The molecule has 6 aliphatic rings. The van der Waals surface area contributed by atoms with Gasteiger partial charge >= 0.3 is 0 Å². The maximum Gasteiger partial charge on any atom is 0.229 e. The molecule has 1 aromatic carbocycles. The zero-order valence-corrected chi connectivity index (χ0v) is 40.6. The number of aliphatic hydroxyl groups is 16. The van der Waals surface area contributed by atoms with E-state index < -0.39 is 192 Å². The molecule has 26 atom stereocenters. The smallest absolute Gasteiger partial charge is 0.229 e. The Morgan fingerprint density at radius 3 is 1.16 bits per heavy atom. The highest BCUT2D eigenvalue weighted by Crippen LogP contribution is 2.39. The highest BCUT2D eigenvalue weighted by atomic mass is 16.8. The van der Waals surface area contributed by atoms with E-state index in [0.717, 1.165) is 12.7 Å². The third-order valence-electron chi connectivity index (χ3n) is 14.4. The highest BCUT2D eigenvalue weighted by Gasteiger charge is 2.57. The molecule has 0 spiro atoms. The molecule has 0 amide bonds. The first-order chi connectivity index (χ1) is 35.2. The monoisotopic (exact) mass is 1070 g/mol. The van der Waals surface area contributed by atoms with Crippen molar-refractivity contribution >= 4 is 0 Å². The fourth-order valence-corrected chi connectivity index (χ4v) is 9.89. The van der Waals surface area contributed by atoms with E-state index in [0.29, 0.717) is 6.42 Å². The predicted octanol–water partition coefficient (Wildman–Crippen LogP) is -7.70. The molecule has 0 saturated carbocycles. The van der Waals surface area contributed by atoms with Crippen LogP contribution < -0.4 is 10.1 Å². The number of aliphatic hydroxyl groups excluding tert-OH is 16. The lowest BCUT2D eigenvalue weighted by Crippen LogP contribution is -2.68. The van der Waals surface area contributed by atoms with Gasteiger partial charge in [-0.05, 0) is 24.1 Å². The number of hydrogen-bond donors (Lipinski definition) is 17. The summed E-state index contributed by atoms with van der Waals surface area (Å²) >= 11 is 0. The molecule has 0 aromatic heterocycles. The Labute approximate surface area is 423 Å². The SMILES string of the molecule is COC1C(CO)OC(OC2C(CO)OC(OC3C(CO)OC(OC4C(CO)OC(OC5C(CO)OC(Oc6ccc(CC7NC(O)=C(O)C7(C)C)cc6)C(O)C5O)C(OC)C4O)C(O)C3O)C(O)C2O)C(O)C1O. The van der Waals surface area contributed by atoms with Crippen molar-refractivity contribution in [1.29, 1.82) is 0 Å². The molecule has 74 heavy (non-hydrogen) atoms. The summed E-state index contributed by atoms with van der Waals surface area (Å²) in [6.07, 6.45) is -42.2. The fraction of sp³-hybridized carbons (Fsp3) is 0.822. The molecule has 1 aromatic rings. The second-order valence-corrected chi connectivity index (χ2v) is 19.4. The summed E-state index contributed by atoms with van der Waals surface area (Å²) in [6, 6.07) is 6.23. The summed E-state index contributed by atoms with van der Waals surface area (Å²) in [4.78, 5) is 0. The van der Waals surface area contributed by atoms with Crippen molar-refractivity contribution in [2.45, 2.75) is 180 Å². The van der Waals surface area contributed by atoms with Gasteiger partial charge in [0.25, 0.3) is 0 Å². The third kappa shape index (κ3) is 11.8. The topological polar surface area (TPSA) is 446 Å². The minimum atomic E-state index is -2.09. The van der Waals surface area contributed by atoms with Gasteiger partial charge in [0.1, 0.15) is 128 Å². The van der Waals surface area contributed by atoms with Crippen LogP contribution in [-0.2, 0) is 58.5 Å². The number of rotatable bonds is 19. The normalized spacial score (nSPS) is 45.8. The lowest BCUT2D eigenvalue weighted by Gasteiger charge is -2.50. The van der Waals surface area contributed by atoms with Crippen LogP contribution in [0.15, 0.2) is 35.9 Å². The average Bonchev–Trinajstić information content (AvgIpc) is 3.58. The molecule has 0 aliphatic carbocycles. The van der Waals surface area contributed by atoms with Gasteiger partial charge in [-0.15, -0.1) is 0 Å². The highest BCUT2D eigenvalue weighted by molar-refractivity contribution is 5.30. The second-order valence-electron chi connectivity index (χ2n) is 19.4. The minimum absolute atomic E-state index is 0.156. The molecular formula is C45H71NO28. The van der Waals surface area contributed by atoms with Gasteiger partial charge in [-0.2, -0.15) is 0 Å². The quantitative estimate of drug-likeness (QED) is 0.0612. The van der Waals surface area contributed by atoms with Gasteiger partial charge in [0.2, 0.25) is 12.2 Å². The molecule has 0 radical (unpaired) electrons. The van der Waals surface area contributed by atoms with Gasteiger partial charge in [0.15, 0.2) is 30.9 Å². The third-order valence-corrected chi connectivity index (χ3v) is 14.4. The van der Waals surface area contributed by atoms with Crippen molar-refractivity contribution in [2.24, 2.45) is 5.41 Å². The number of hydrogen-bond acceptors (Lipinski definition) is 29. The average molecular weight is 1070 g/mol. The number of benzene rings is 1. The maximum absolute atomic E-state index is 11.6. The van der Waals surface area contributed by atoms with Gasteiger partial charge in [0.05, 0.1) is 33.0 Å². The van der Waals surface area contributed by atoms with Crippen LogP contribution in [0.4, 0.5) is 0 Å². The molecule has 26 unspecified atom stereocenters. The lowest BCUT2D eigenvalue weighted by molar-refractivity contribution is -0.393. The lowest BCUT2D eigenvalue weighted by atomic mass is 9.82. The molecule has 29 heteroatoms. The Morgan fingerprint density at radius 1 is 0.446 bits per heavy atom. The van der Waals surface area contributed by atoms with Crippen molar-refractivity contribution < 1.29 is 139 Å². The molecule has 424 valence electrons. The van der Waals surface area contributed by atoms with Crippen molar-refractivity contribution in [3.05, 3.63) is 41.5 Å². The summed E-state index contributed by atoms with van der Waals surface area (Å²) in [6.45, 7) is -0.686. The Bertz CT molecular complexity index is 1950. The first-order valence-corrected chi connectivity index (χ1v) is 23.9. The van der Waals surface area contributed by atoms with Gasteiger partial charge in [-0.25, -0.2) is 0 Å². The summed E-state index contributed by atoms with van der Waals surface area (Å²) < 4.78 is 68.3. The summed E-state index contributed by atoms with van der Waals surface area (Å²) in [5.41, 5.74) is 0.0514. The van der Waals surface area contributed by atoms with Crippen LogP contribution in [-0.4, -0.2) is 289 Å². The first kappa shape index (κ1) is 58.8. The number of ether oxygens (including phenoxy) is 12. The molecular weight excluding hydrogens is 1000 g/mol. The molecule has 0 bridgehead atoms. The summed E-state index contributed by atoms with van der Waals surface area (Å²) in [5, 5.41) is 174. The Hall–Kier alpha value is -2.84. The Balaban J connectivity index is 0.952. The number of nitrogens with one attached hydrogen (secondary N) is 1. The van der Waals surface area contributed by atoms with Crippen molar-refractivity contribution in [3.8, 4) is 5.75 Å². The van der Waals surface area contributed by atoms with Gasteiger partial charge in [0, 0.05) is 25.7 Å². The zero-order valence-electron chi connectivity index (χ0n) is 40.6. The van der Waals surface area contributed by atoms with Crippen LogP contribution in [0, 0.1) is 5.41 Å². The molecule has 6 aliphatic heterocycles. The largest absolute Gasteiger partial charge is 0.506 e. The second kappa shape index (κ2) is 24.9. The van der Waals surface area contributed by atoms with E-state index in [4.69, 9.17) is 56.8 Å². The van der Waals surface area contributed by atoms with Gasteiger partial charge in [-0.1, -0.05) is 26.0 Å². The standard InChI is InChI=1S/C45H71NO28/c1-45(2)22(46-39(62)38(45)61)9-15-5-7-16(8-6-15)65-40-28(57)24(53)35(20(13-50)67-40)74-44-37(64-4)31(60)36(21(14-51)70-44)73-43-30(59)26(55)34(19(12-49)69-43)72-42-29(58)25(54)33(18(11-48)68-42)71-41-27(56)23(52)32(63-3)17(10-47)66-41/h5-8,17-37,40-44,46-62H,9-14H2,1-4H3. The van der Waals surface area contributed by atoms with Crippen molar-refractivity contribution in [1.82, 2.24) is 5.32 Å². The summed E-state index contributed by atoms with van der Waals surface area (Å²) in [7, 11) is 2.34. The van der Waals surface area contributed by atoms with Crippen LogP contribution in [0.2, 0.25) is 0 Å². The van der Waals surface area contributed by atoms with E-state index in [9.17, 15) is 81.7 Å². The van der Waals surface area contributed by atoms with E-state index in [-0.39, 0.29) is 23.4 Å². The molecule has 17 N–H and O–H groups in total. The molecule has 6 heterocycles. The van der Waals surface area contributed by atoms with Gasteiger partial charge in [-0.3, -0.25) is 0 Å². The van der Waals surface area contributed by atoms with Gasteiger partial charge < -0.3 is 144 Å². The maximum atomic E-state index is 11.6. The minimum Gasteiger partial charge on any atom is -0.506 e. The van der Waals surface area contributed by atoms with Crippen LogP contribution in [0.5, 0.6) is 5.75 Å². The molecule has 29 nitrogen and oxygen atoms in total. The van der Waals surface area contributed by atoms with Crippen molar-refractivity contribution in [3.63, 3.8) is 0 Å². The van der Waals surface area contributed by atoms with E-state index in [1.54, 1.807) is 38.1 Å². The predicted molar refractivity (Wildman–Crippen MR) is 238 cm³/mol. The molecule has 7 rings (SSSR count). The van der Waals surface area contributed by atoms with Crippen LogP contribution >= 0.6 is 0 Å². The number of methoxy groups -OCH3 is 2. The van der Waals surface area contributed by atoms with Crippen molar-refractivity contribution in [2.75, 3.05) is 47.3 Å². The van der Waals surface area contributed by atoms with Crippen LogP contribution in [0.1, 0.15) is 19.4 Å². The van der Waals surface area contributed by atoms with E-state index in [1.165, 1.54) is 7.11 Å². The molecule has 5 saturated heterocycles. The fourth-order valence-electron chi connectivity index (χ4n) is 9.89. The van der Waals surface area contributed by atoms with Crippen LogP contribution in [0.3, 0.4) is 0 Å². The van der Waals surface area contributed by atoms with E-state index >= 15 is 0 Å².